The lowest BCUT2D eigenvalue weighted by molar-refractivity contribution is 0.146. The summed E-state index contributed by atoms with van der Waals surface area (Å²) < 4.78 is 0. The van der Waals surface area contributed by atoms with Crippen molar-refractivity contribution in [2.75, 3.05) is 6.54 Å². The average Bonchev–Trinajstić information content (AvgIpc) is 2.39. The van der Waals surface area contributed by atoms with Gasteiger partial charge in [-0.15, -0.1) is 0 Å². The predicted molar refractivity (Wildman–Crippen MR) is 86.0 cm³/mol. The van der Waals surface area contributed by atoms with Gasteiger partial charge in [-0.25, -0.2) is 0 Å². The topological polar surface area (TPSA) is 24.9 Å². The Kier molecular flexibility index (Phi) is 4.85. The maximum absolute atomic E-state index is 4.37. The van der Waals surface area contributed by atoms with Gasteiger partial charge >= 0.3 is 0 Å². The monoisotopic (exact) mass is 274 g/mol. The number of nitrogens with one attached hydrogen (secondary N) is 1. The second-order valence-electron chi connectivity index (χ2n) is 7.10. The molecule has 0 saturated heterocycles. The summed E-state index contributed by atoms with van der Waals surface area (Å²) in [5, 5.41) is 3.74. The smallest absolute Gasteiger partial charge is 0.0308 e. The standard InChI is InChI=1S/C18H30N2/c1-6-20-17-11-13(2)7-8-15(17)18(4,5)16-12-19-10-9-14(16)3/h9-10,12-13,15,17,20H,6-8,11H2,1-5H3. The van der Waals surface area contributed by atoms with Gasteiger partial charge < -0.3 is 5.32 Å². The van der Waals surface area contributed by atoms with E-state index in [-0.39, 0.29) is 5.41 Å². The summed E-state index contributed by atoms with van der Waals surface area (Å²) in [6.07, 6.45) is 7.97. The molecule has 0 radical (unpaired) electrons. The fraction of sp³-hybridized carbons (Fsp3) is 0.722. The Morgan fingerprint density at radius 2 is 2.10 bits per heavy atom. The third kappa shape index (κ3) is 3.06. The van der Waals surface area contributed by atoms with Gasteiger partial charge in [0, 0.05) is 18.4 Å². The summed E-state index contributed by atoms with van der Waals surface area (Å²) in [5.74, 6) is 1.54. The van der Waals surface area contributed by atoms with E-state index in [4.69, 9.17) is 0 Å². The molecule has 1 aliphatic rings. The normalized spacial score (nSPS) is 27.6. The first-order valence-electron chi connectivity index (χ1n) is 8.11. The van der Waals surface area contributed by atoms with Gasteiger partial charge in [0.1, 0.15) is 0 Å². The van der Waals surface area contributed by atoms with Crippen LogP contribution in [0.3, 0.4) is 0 Å². The Hall–Kier alpha value is -0.890. The van der Waals surface area contributed by atoms with Crippen LogP contribution in [0.5, 0.6) is 0 Å². The summed E-state index contributed by atoms with van der Waals surface area (Å²) >= 11 is 0. The molecule has 1 saturated carbocycles. The maximum atomic E-state index is 4.37. The van der Waals surface area contributed by atoms with E-state index in [2.05, 4.69) is 57.2 Å². The minimum Gasteiger partial charge on any atom is -0.314 e. The number of nitrogens with zero attached hydrogens (tertiary/aromatic N) is 1. The van der Waals surface area contributed by atoms with E-state index in [9.17, 15) is 0 Å². The molecule has 0 amide bonds. The maximum Gasteiger partial charge on any atom is 0.0308 e. The third-order valence-corrected chi connectivity index (χ3v) is 5.24. The molecule has 112 valence electrons. The number of hydrogen-bond acceptors (Lipinski definition) is 2. The lowest BCUT2D eigenvalue weighted by atomic mass is 9.63. The Bertz CT molecular complexity index is 439. The van der Waals surface area contributed by atoms with Crippen molar-refractivity contribution in [2.45, 2.75) is 65.3 Å². The van der Waals surface area contributed by atoms with Crippen LogP contribution in [0.2, 0.25) is 0 Å². The van der Waals surface area contributed by atoms with Crippen LogP contribution in [0.4, 0.5) is 0 Å². The van der Waals surface area contributed by atoms with Gasteiger partial charge in [-0.2, -0.15) is 0 Å². The Morgan fingerprint density at radius 1 is 1.35 bits per heavy atom. The summed E-state index contributed by atoms with van der Waals surface area (Å²) in [6, 6.07) is 2.78. The van der Waals surface area contributed by atoms with Crippen molar-refractivity contribution < 1.29 is 0 Å². The van der Waals surface area contributed by atoms with Gasteiger partial charge in [0.05, 0.1) is 0 Å². The van der Waals surface area contributed by atoms with Crippen molar-refractivity contribution in [3.05, 3.63) is 29.6 Å². The molecule has 2 heteroatoms. The summed E-state index contributed by atoms with van der Waals surface area (Å²) in [7, 11) is 0. The van der Waals surface area contributed by atoms with Crippen LogP contribution in [0.15, 0.2) is 18.5 Å². The molecule has 2 rings (SSSR count). The molecular weight excluding hydrogens is 244 g/mol. The van der Waals surface area contributed by atoms with E-state index in [0.717, 1.165) is 12.5 Å². The van der Waals surface area contributed by atoms with E-state index in [0.29, 0.717) is 12.0 Å². The Morgan fingerprint density at radius 3 is 2.75 bits per heavy atom. The fourth-order valence-electron chi connectivity index (χ4n) is 4.07. The molecule has 1 aliphatic carbocycles. The van der Waals surface area contributed by atoms with Crippen LogP contribution >= 0.6 is 0 Å². The number of aromatic nitrogens is 1. The molecule has 2 nitrogen and oxygen atoms in total. The van der Waals surface area contributed by atoms with Crippen molar-refractivity contribution in [1.82, 2.24) is 10.3 Å². The summed E-state index contributed by atoms with van der Waals surface area (Å²) in [4.78, 5) is 4.37. The number of pyridine rings is 1. The Labute approximate surface area is 124 Å². The molecule has 1 fully saturated rings. The second-order valence-corrected chi connectivity index (χ2v) is 7.10. The quantitative estimate of drug-likeness (QED) is 0.895. The molecule has 0 aliphatic heterocycles. The van der Waals surface area contributed by atoms with Gasteiger partial charge in [0.2, 0.25) is 0 Å². The lowest BCUT2D eigenvalue weighted by Gasteiger charge is -2.45. The molecule has 3 atom stereocenters. The first kappa shape index (κ1) is 15.5. The molecule has 1 heterocycles. The molecule has 0 bridgehead atoms. The highest BCUT2D eigenvalue weighted by Crippen LogP contribution is 2.43. The number of hydrogen-bond donors (Lipinski definition) is 1. The Balaban J connectivity index is 2.29. The highest BCUT2D eigenvalue weighted by molar-refractivity contribution is 5.30. The molecule has 3 unspecified atom stereocenters. The van der Waals surface area contributed by atoms with Crippen molar-refractivity contribution >= 4 is 0 Å². The van der Waals surface area contributed by atoms with Crippen molar-refractivity contribution in [1.29, 1.82) is 0 Å². The van der Waals surface area contributed by atoms with E-state index in [1.807, 2.05) is 6.20 Å². The molecular formula is C18H30N2. The predicted octanol–water partition coefficient (Wildman–Crippen LogP) is 4.08. The van der Waals surface area contributed by atoms with Crippen LogP contribution in [-0.2, 0) is 5.41 Å². The highest BCUT2D eigenvalue weighted by atomic mass is 14.9. The van der Waals surface area contributed by atoms with Crippen molar-refractivity contribution in [2.24, 2.45) is 11.8 Å². The first-order valence-corrected chi connectivity index (χ1v) is 8.11. The second kappa shape index (κ2) is 6.26. The average molecular weight is 274 g/mol. The minimum absolute atomic E-state index is 0.186. The zero-order valence-corrected chi connectivity index (χ0v) is 13.7. The van der Waals surface area contributed by atoms with E-state index in [1.54, 1.807) is 0 Å². The SMILES string of the molecule is CCNC1CC(C)CCC1C(C)(C)c1cnccc1C. The van der Waals surface area contributed by atoms with E-state index >= 15 is 0 Å². The summed E-state index contributed by atoms with van der Waals surface area (Å²) in [5.41, 5.74) is 2.98. The van der Waals surface area contributed by atoms with Crippen LogP contribution in [0.25, 0.3) is 0 Å². The van der Waals surface area contributed by atoms with Gasteiger partial charge in [-0.05, 0) is 60.8 Å². The van der Waals surface area contributed by atoms with Gasteiger partial charge in [0.15, 0.2) is 0 Å². The van der Waals surface area contributed by atoms with E-state index < -0.39 is 0 Å². The molecule has 0 aromatic carbocycles. The molecule has 1 N–H and O–H groups in total. The molecule has 1 aromatic rings. The first-order chi connectivity index (χ1) is 9.46. The summed E-state index contributed by atoms with van der Waals surface area (Å²) in [6.45, 7) is 12.7. The van der Waals surface area contributed by atoms with Crippen LogP contribution in [0, 0.1) is 18.8 Å². The van der Waals surface area contributed by atoms with Crippen LogP contribution in [-0.4, -0.2) is 17.6 Å². The van der Waals surface area contributed by atoms with Crippen LogP contribution in [0.1, 0.15) is 58.1 Å². The zero-order chi connectivity index (χ0) is 14.8. The molecule has 20 heavy (non-hydrogen) atoms. The number of aryl methyl sites for hydroxylation is 1. The third-order valence-electron chi connectivity index (χ3n) is 5.24. The van der Waals surface area contributed by atoms with E-state index in [1.165, 1.54) is 30.4 Å². The van der Waals surface area contributed by atoms with Crippen molar-refractivity contribution in [3.63, 3.8) is 0 Å². The van der Waals surface area contributed by atoms with Crippen LogP contribution < -0.4 is 5.32 Å². The molecule has 0 spiro atoms. The van der Waals surface area contributed by atoms with Crippen molar-refractivity contribution in [3.8, 4) is 0 Å². The van der Waals surface area contributed by atoms with Gasteiger partial charge in [-0.3, -0.25) is 4.98 Å². The minimum atomic E-state index is 0.186. The molecule has 1 aromatic heterocycles. The lowest BCUT2D eigenvalue weighted by Crippen LogP contribution is -2.48. The highest BCUT2D eigenvalue weighted by Gasteiger charge is 2.40. The fourth-order valence-corrected chi connectivity index (χ4v) is 4.07. The largest absolute Gasteiger partial charge is 0.314 e. The van der Waals surface area contributed by atoms with Gasteiger partial charge in [-0.1, -0.05) is 34.1 Å². The zero-order valence-electron chi connectivity index (χ0n) is 13.7. The van der Waals surface area contributed by atoms with Gasteiger partial charge in [0.25, 0.3) is 0 Å². The number of rotatable bonds is 4.